The van der Waals surface area contributed by atoms with Crippen molar-refractivity contribution >= 4 is 16.9 Å². The van der Waals surface area contributed by atoms with E-state index in [0.717, 1.165) is 35.9 Å². The van der Waals surface area contributed by atoms with Crippen molar-refractivity contribution in [2.75, 3.05) is 13.3 Å². The fraction of sp³-hybridized carbons (Fsp3) is 0.462. The molecule has 1 N–H and O–H groups in total. The Hall–Kier alpha value is -0.780. The summed E-state index contributed by atoms with van der Waals surface area (Å²) >= 11 is 1.64. The Balaban J connectivity index is 0.00000133. The molecule has 1 saturated carbocycles. The van der Waals surface area contributed by atoms with Gasteiger partial charge in [0.1, 0.15) is 5.82 Å². The molecule has 3 rings (SSSR count). The quantitative estimate of drug-likeness (QED) is 0.808. The minimum atomic E-state index is -0.174. The monoisotopic (exact) mass is 300 g/mol. The summed E-state index contributed by atoms with van der Waals surface area (Å²) in [5.41, 5.74) is 0.995. The van der Waals surface area contributed by atoms with E-state index in [0.29, 0.717) is 0 Å². The summed E-state index contributed by atoms with van der Waals surface area (Å²) in [7, 11) is 0. The van der Waals surface area contributed by atoms with Crippen LogP contribution in [-0.4, -0.2) is 29.4 Å². The van der Waals surface area contributed by atoms with E-state index in [1.165, 1.54) is 18.9 Å². The molecule has 0 saturated heterocycles. The normalized spacial score (nSPS) is 19.3. The van der Waals surface area contributed by atoms with Crippen molar-refractivity contribution < 1.29 is 16.8 Å². The van der Waals surface area contributed by atoms with Gasteiger partial charge in [0, 0.05) is 11.8 Å². The molecule has 1 fully saturated rings. The van der Waals surface area contributed by atoms with Crippen LogP contribution in [0.2, 0.25) is 0 Å². The number of amidine groups is 1. The van der Waals surface area contributed by atoms with E-state index in [4.69, 9.17) is 0 Å². The summed E-state index contributed by atoms with van der Waals surface area (Å²) in [6.07, 6.45) is 2.62. The Morgan fingerprint density at radius 2 is 2.26 bits per heavy atom. The van der Waals surface area contributed by atoms with Crippen molar-refractivity contribution in [1.29, 1.82) is 0 Å². The molecule has 1 aromatic rings. The Bertz CT molecular complexity index is 465. The fourth-order valence-corrected chi connectivity index (χ4v) is 2.79. The lowest BCUT2D eigenvalue weighted by atomic mass is 10.2. The van der Waals surface area contributed by atoms with Crippen molar-refractivity contribution in [2.45, 2.75) is 24.6 Å². The maximum atomic E-state index is 13.0. The van der Waals surface area contributed by atoms with E-state index < -0.39 is 0 Å². The second-order valence-electron chi connectivity index (χ2n) is 4.68. The van der Waals surface area contributed by atoms with Gasteiger partial charge in [0.25, 0.3) is 0 Å². The summed E-state index contributed by atoms with van der Waals surface area (Å²) in [6, 6.07) is 7.48. The molecule has 1 aliphatic carbocycles. The zero-order chi connectivity index (χ0) is 12.4. The van der Waals surface area contributed by atoms with E-state index in [9.17, 15) is 4.39 Å². The van der Waals surface area contributed by atoms with Crippen LogP contribution < -0.4 is 17.7 Å². The number of benzene rings is 1. The highest BCUT2D eigenvalue weighted by atomic mass is 35.5. The van der Waals surface area contributed by atoms with Crippen LogP contribution in [-0.2, 0) is 5.75 Å². The molecular weight excluding hydrogens is 285 g/mol. The molecule has 0 atom stereocenters. The van der Waals surface area contributed by atoms with Gasteiger partial charge in [0.05, 0.1) is 13.3 Å². The Morgan fingerprint density at radius 3 is 2.89 bits per heavy atom. The van der Waals surface area contributed by atoms with Crippen LogP contribution in [0.15, 0.2) is 29.3 Å². The highest BCUT2D eigenvalue weighted by Gasteiger charge is 2.30. The number of nitrogens with zero attached hydrogens (tertiary/aromatic N) is 2. The largest absolute Gasteiger partial charge is 1.00 e. The average molecular weight is 301 g/mol. The molecule has 0 bridgehead atoms. The highest BCUT2D eigenvalue weighted by molar-refractivity contribution is 8.13. The number of halogens is 2. The third-order valence-electron chi connectivity index (χ3n) is 3.16. The number of nitrogens with one attached hydrogen (secondary N) is 1. The van der Waals surface area contributed by atoms with Gasteiger partial charge in [-0.2, -0.15) is 0 Å². The first-order valence-electron chi connectivity index (χ1n) is 6.21. The lowest BCUT2D eigenvalue weighted by molar-refractivity contribution is -0.00000440. The number of hydrogen-bond donors (Lipinski definition) is 1. The topological polar surface area (TPSA) is 27.6 Å². The zero-order valence-electron chi connectivity index (χ0n) is 10.5. The van der Waals surface area contributed by atoms with E-state index in [1.54, 1.807) is 23.9 Å². The molecule has 0 amide bonds. The molecule has 1 aliphatic heterocycles. The molecular formula is C13H16ClFN3S-. The van der Waals surface area contributed by atoms with Crippen LogP contribution in [0.25, 0.3) is 0 Å². The molecule has 1 aromatic carbocycles. The van der Waals surface area contributed by atoms with Crippen molar-refractivity contribution in [3.63, 3.8) is 0 Å². The van der Waals surface area contributed by atoms with Gasteiger partial charge >= 0.3 is 0 Å². The van der Waals surface area contributed by atoms with E-state index in [1.807, 2.05) is 6.07 Å². The molecule has 0 aromatic heterocycles. The predicted molar refractivity (Wildman–Crippen MR) is 72.9 cm³/mol. The summed E-state index contributed by atoms with van der Waals surface area (Å²) in [6.45, 7) is 1.68. The number of thioether (sulfide) groups is 1. The number of hydrogen-bond acceptors (Lipinski definition) is 4. The van der Waals surface area contributed by atoms with Gasteiger partial charge in [-0.25, -0.2) is 9.38 Å². The zero-order valence-corrected chi connectivity index (χ0v) is 12.1. The molecule has 2 aliphatic rings. The predicted octanol–water partition coefficient (Wildman–Crippen LogP) is -0.598. The lowest BCUT2D eigenvalue weighted by Crippen LogP contribution is -3.00. The van der Waals surface area contributed by atoms with Crippen LogP contribution in [0, 0.1) is 5.82 Å². The molecule has 0 unspecified atom stereocenters. The lowest BCUT2D eigenvalue weighted by Gasteiger charge is -2.26. The first-order valence-corrected chi connectivity index (χ1v) is 7.19. The third-order valence-corrected chi connectivity index (χ3v) is 4.18. The molecule has 0 spiro atoms. The van der Waals surface area contributed by atoms with E-state index in [2.05, 4.69) is 15.2 Å². The van der Waals surface area contributed by atoms with Gasteiger partial charge in [-0.1, -0.05) is 23.9 Å². The Kier molecular flexibility index (Phi) is 5.07. The Morgan fingerprint density at radius 1 is 1.42 bits per heavy atom. The second kappa shape index (κ2) is 6.59. The summed E-state index contributed by atoms with van der Waals surface area (Å²) in [5, 5.41) is 4.29. The maximum absolute atomic E-state index is 13.0. The highest BCUT2D eigenvalue weighted by Crippen LogP contribution is 2.27. The maximum Gasteiger partial charge on any atom is 0.159 e. The van der Waals surface area contributed by atoms with Gasteiger partial charge < -0.3 is 17.7 Å². The van der Waals surface area contributed by atoms with Crippen LogP contribution in [0.3, 0.4) is 0 Å². The van der Waals surface area contributed by atoms with E-state index >= 15 is 0 Å². The summed E-state index contributed by atoms with van der Waals surface area (Å²) in [4.78, 5) is 6.86. The molecule has 0 radical (unpaired) electrons. The second-order valence-corrected chi connectivity index (χ2v) is 5.64. The van der Waals surface area contributed by atoms with Crippen molar-refractivity contribution in [1.82, 2.24) is 10.2 Å². The summed E-state index contributed by atoms with van der Waals surface area (Å²) < 4.78 is 13.0. The standard InChI is InChI=1S/C13H16FN3S.ClH/c14-11-3-1-2-10(6-11)7-18-13-15-8-17(9-16-13)12-4-5-12;/h1-3,6,12H,4-5,7-9H2,(H,15,16);1H/p-1. The molecule has 3 nitrogen and oxygen atoms in total. The van der Waals surface area contributed by atoms with Gasteiger partial charge in [-0.3, -0.25) is 4.90 Å². The van der Waals surface area contributed by atoms with Crippen LogP contribution in [0.1, 0.15) is 18.4 Å². The minimum Gasteiger partial charge on any atom is -1.00 e. The minimum absolute atomic E-state index is 0. The molecule has 104 valence electrons. The van der Waals surface area contributed by atoms with Crippen LogP contribution in [0.4, 0.5) is 4.39 Å². The SMILES string of the molecule is Fc1cccc(CSC2=NCN(C3CC3)CN2)c1.[Cl-]. The average Bonchev–Trinajstić information content (AvgIpc) is 3.21. The number of aliphatic imine (C=N–C) groups is 1. The number of rotatable bonds is 3. The van der Waals surface area contributed by atoms with Crippen LogP contribution in [0.5, 0.6) is 0 Å². The van der Waals surface area contributed by atoms with Crippen LogP contribution >= 0.6 is 11.8 Å². The third kappa shape index (κ3) is 4.09. The summed E-state index contributed by atoms with van der Waals surface area (Å²) in [5.74, 6) is 0.582. The molecule has 1 heterocycles. The van der Waals surface area contributed by atoms with Gasteiger partial charge in [0.2, 0.25) is 0 Å². The van der Waals surface area contributed by atoms with Gasteiger partial charge in [0.15, 0.2) is 5.17 Å². The molecule has 6 heteroatoms. The van der Waals surface area contributed by atoms with Crippen molar-refractivity contribution in [2.24, 2.45) is 4.99 Å². The van der Waals surface area contributed by atoms with Gasteiger partial charge in [-0.05, 0) is 30.5 Å². The first-order chi connectivity index (χ1) is 8.81. The van der Waals surface area contributed by atoms with E-state index in [-0.39, 0.29) is 18.2 Å². The Labute approximate surface area is 123 Å². The smallest absolute Gasteiger partial charge is 0.159 e. The fourth-order valence-electron chi connectivity index (χ4n) is 1.99. The molecule has 19 heavy (non-hydrogen) atoms. The van der Waals surface area contributed by atoms with Crippen molar-refractivity contribution in [3.8, 4) is 0 Å². The van der Waals surface area contributed by atoms with Gasteiger partial charge in [-0.15, -0.1) is 0 Å². The van der Waals surface area contributed by atoms with Crippen molar-refractivity contribution in [3.05, 3.63) is 35.6 Å². The first kappa shape index (κ1) is 14.6.